The summed E-state index contributed by atoms with van der Waals surface area (Å²) in [7, 11) is 0. The van der Waals surface area contributed by atoms with Crippen LogP contribution in [-0.2, 0) is 11.3 Å². The maximum Gasteiger partial charge on any atom is 0.124 e. The predicted octanol–water partition coefficient (Wildman–Crippen LogP) is 0.943. The van der Waals surface area contributed by atoms with Crippen molar-refractivity contribution in [3.05, 3.63) is 18.0 Å². The summed E-state index contributed by atoms with van der Waals surface area (Å²) in [5.41, 5.74) is 0.950. The Labute approximate surface area is 77.2 Å². The molecule has 1 unspecified atom stereocenters. The van der Waals surface area contributed by atoms with Gasteiger partial charge in [-0.2, -0.15) is 0 Å². The molecule has 1 fully saturated rings. The first kappa shape index (κ1) is 8.72. The molecule has 0 radical (unpaired) electrons. The average Bonchev–Trinajstić information content (AvgIpc) is 2.69. The van der Waals surface area contributed by atoms with E-state index in [1.54, 1.807) is 6.26 Å². The minimum absolute atomic E-state index is 0.477. The highest BCUT2D eigenvalue weighted by molar-refractivity contribution is 4.94. The molecular weight excluding hydrogens is 168 g/mol. The Morgan fingerprint density at radius 3 is 3.31 bits per heavy atom. The number of aromatic nitrogens is 1. The van der Waals surface area contributed by atoms with Crippen molar-refractivity contribution in [2.24, 2.45) is 0 Å². The molecule has 4 heteroatoms. The van der Waals surface area contributed by atoms with Gasteiger partial charge in [-0.25, -0.2) is 0 Å². The largest absolute Gasteiger partial charge is 0.380 e. The molecule has 72 valence electrons. The van der Waals surface area contributed by atoms with E-state index in [0.29, 0.717) is 6.04 Å². The minimum atomic E-state index is 0.477. The lowest BCUT2D eigenvalue weighted by Crippen LogP contribution is -2.36. The van der Waals surface area contributed by atoms with Crippen molar-refractivity contribution >= 4 is 0 Å². The lowest BCUT2D eigenvalue weighted by molar-refractivity contribution is 0.0697. The molecule has 0 spiro atoms. The second-order valence-electron chi connectivity index (χ2n) is 3.29. The molecule has 0 aromatic carbocycles. The molecule has 1 aliphatic heterocycles. The van der Waals surface area contributed by atoms with Crippen molar-refractivity contribution in [1.82, 2.24) is 10.5 Å². The highest BCUT2D eigenvalue weighted by Crippen LogP contribution is 2.06. The van der Waals surface area contributed by atoms with Crippen LogP contribution in [0.5, 0.6) is 0 Å². The maximum absolute atomic E-state index is 5.35. The van der Waals surface area contributed by atoms with Crippen molar-refractivity contribution in [2.45, 2.75) is 25.4 Å². The van der Waals surface area contributed by atoms with E-state index >= 15 is 0 Å². The van der Waals surface area contributed by atoms with Crippen LogP contribution in [0, 0.1) is 0 Å². The van der Waals surface area contributed by atoms with Gasteiger partial charge in [-0.05, 0) is 12.8 Å². The van der Waals surface area contributed by atoms with Crippen LogP contribution in [0.2, 0.25) is 0 Å². The van der Waals surface area contributed by atoms with Crippen LogP contribution in [0.25, 0.3) is 0 Å². The van der Waals surface area contributed by atoms with E-state index in [9.17, 15) is 0 Å². The van der Waals surface area contributed by atoms with Gasteiger partial charge in [0.1, 0.15) is 6.26 Å². The van der Waals surface area contributed by atoms with E-state index in [4.69, 9.17) is 9.26 Å². The summed E-state index contributed by atoms with van der Waals surface area (Å²) in [6.45, 7) is 2.49. The highest BCUT2D eigenvalue weighted by atomic mass is 16.5. The SMILES string of the molecule is c1cc(CNC2CCCOC2)no1. The highest BCUT2D eigenvalue weighted by Gasteiger charge is 2.12. The fourth-order valence-corrected chi connectivity index (χ4v) is 1.48. The molecule has 1 aromatic heterocycles. The Bertz CT molecular complexity index is 230. The average molecular weight is 182 g/mol. The first-order valence-corrected chi connectivity index (χ1v) is 4.65. The third-order valence-electron chi connectivity index (χ3n) is 2.22. The van der Waals surface area contributed by atoms with E-state index in [1.807, 2.05) is 6.07 Å². The Hall–Kier alpha value is -0.870. The van der Waals surface area contributed by atoms with Crippen LogP contribution in [0.15, 0.2) is 16.9 Å². The number of hydrogen-bond acceptors (Lipinski definition) is 4. The summed E-state index contributed by atoms with van der Waals surface area (Å²) >= 11 is 0. The molecule has 1 atom stereocenters. The zero-order valence-corrected chi connectivity index (χ0v) is 7.53. The molecule has 1 aliphatic rings. The lowest BCUT2D eigenvalue weighted by atomic mass is 10.1. The molecule has 2 rings (SSSR count). The summed E-state index contributed by atoms with van der Waals surface area (Å²) < 4.78 is 10.1. The van der Waals surface area contributed by atoms with E-state index in [2.05, 4.69) is 10.5 Å². The van der Waals surface area contributed by atoms with Gasteiger partial charge in [-0.15, -0.1) is 0 Å². The minimum Gasteiger partial charge on any atom is -0.380 e. The first-order valence-electron chi connectivity index (χ1n) is 4.65. The summed E-state index contributed by atoms with van der Waals surface area (Å²) in [5.74, 6) is 0. The fourth-order valence-electron chi connectivity index (χ4n) is 1.48. The number of hydrogen-bond donors (Lipinski definition) is 1. The summed E-state index contributed by atoms with van der Waals surface area (Å²) in [5, 5.41) is 7.20. The molecule has 0 bridgehead atoms. The zero-order chi connectivity index (χ0) is 8.93. The van der Waals surface area contributed by atoms with Crippen molar-refractivity contribution in [3.8, 4) is 0 Å². The van der Waals surface area contributed by atoms with Gasteiger partial charge in [0.2, 0.25) is 0 Å². The Kier molecular flexibility index (Phi) is 2.94. The Morgan fingerprint density at radius 1 is 1.62 bits per heavy atom. The normalized spacial score (nSPS) is 23.2. The fraction of sp³-hybridized carbons (Fsp3) is 0.667. The van der Waals surface area contributed by atoms with E-state index in [0.717, 1.165) is 31.9 Å². The monoisotopic (exact) mass is 182 g/mol. The van der Waals surface area contributed by atoms with Crippen LogP contribution < -0.4 is 5.32 Å². The number of nitrogens with zero attached hydrogens (tertiary/aromatic N) is 1. The van der Waals surface area contributed by atoms with Gasteiger partial charge in [-0.1, -0.05) is 5.16 Å². The number of nitrogens with one attached hydrogen (secondary N) is 1. The molecule has 0 amide bonds. The van der Waals surface area contributed by atoms with Crippen LogP contribution in [0.1, 0.15) is 18.5 Å². The standard InChI is InChI=1S/C9H14N2O2/c1-2-9(7-12-4-1)10-6-8-3-5-13-11-8/h3,5,9-10H,1-2,4,6-7H2. The van der Waals surface area contributed by atoms with Gasteiger partial charge < -0.3 is 14.6 Å². The lowest BCUT2D eigenvalue weighted by Gasteiger charge is -2.22. The van der Waals surface area contributed by atoms with Gasteiger partial charge >= 0.3 is 0 Å². The molecular formula is C9H14N2O2. The quantitative estimate of drug-likeness (QED) is 0.755. The Balaban J connectivity index is 1.72. The summed E-state index contributed by atoms with van der Waals surface area (Å²) in [6, 6.07) is 2.35. The molecule has 4 nitrogen and oxygen atoms in total. The third kappa shape index (κ3) is 2.54. The predicted molar refractivity (Wildman–Crippen MR) is 47.2 cm³/mol. The smallest absolute Gasteiger partial charge is 0.124 e. The molecule has 13 heavy (non-hydrogen) atoms. The second-order valence-corrected chi connectivity index (χ2v) is 3.29. The number of rotatable bonds is 3. The van der Waals surface area contributed by atoms with E-state index in [-0.39, 0.29) is 0 Å². The van der Waals surface area contributed by atoms with Gasteiger partial charge in [0.05, 0.1) is 12.3 Å². The van der Waals surface area contributed by atoms with Gasteiger partial charge in [0.25, 0.3) is 0 Å². The third-order valence-corrected chi connectivity index (χ3v) is 2.22. The van der Waals surface area contributed by atoms with Crippen molar-refractivity contribution in [1.29, 1.82) is 0 Å². The summed E-state index contributed by atoms with van der Waals surface area (Å²) in [6.07, 6.45) is 3.93. The van der Waals surface area contributed by atoms with Crippen molar-refractivity contribution in [3.63, 3.8) is 0 Å². The number of ether oxygens (including phenoxy) is 1. The van der Waals surface area contributed by atoms with Gasteiger partial charge in [-0.3, -0.25) is 0 Å². The topological polar surface area (TPSA) is 47.3 Å². The van der Waals surface area contributed by atoms with Crippen molar-refractivity contribution < 1.29 is 9.26 Å². The van der Waals surface area contributed by atoms with Crippen LogP contribution >= 0.6 is 0 Å². The molecule has 1 saturated heterocycles. The van der Waals surface area contributed by atoms with E-state index in [1.165, 1.54) is 6.42 Å². The first-order chi connectivity index (χ1) is 6.45. The van der Waals surface area contributed by atoms with Crippen LogP contribution in [0.4, 0.5) is 0 Å². The molecule has 0 aliphatic carbocycles. The second kappa shape index (κ2) is 4.39. The Morgan fingerprint density at radius 2 is 2.62 bits per heavy atom. The molecule has 2 heterocycles. The summed E-state index contributed by atoms with van der Waals surface area (Å²) in [4.78, 5) is 0. The molecule has 1 aromatic rings. The van der Waals surface area contributed by atoms with Gasteiger partial charge in [0, 0.05) is 25.3 Å². The van der Waals surface area contributed by atoms with Gasteiger partial charge in [0.15, 0.2) is 0 Å². The van der Waals surface area contributed by atoms with E-state index < -0.39 is 0 Å². The van der Waals surface area contributed by atoms with Crippen molar-refractivity contribution in [2.75, 3.05) is 13.2 Å². The van der Waals surface area contributed by atoms with Crippen LogP contribution in [-0.4, -0.2) is 24.4 Å². The molecule has 1 N–H and O–H groups in total. The zero-order valence-electron chi connectivity index (χ0n) is 7.53. The van der Waals surface area contributed by atoms with Crippen LogP contribution in [0.3, 0.4) is 0 Å². The molecule has 0 saturated carbocycles. The maximum atomic E-state index is 5.35.